The summed E-state index contributed by atoms with van der Waals surface area (Å²) in [7, 11) is 2.96. The van der Waals surface area contributed by atoms with Gasteiger partial charge in [-0.15, -0.1) is 0 Å². The van der Waals surface area contributed by atoms with Crippen LogP contribution in [0.1, 0.15) is 16.1 Å². The highest BCUT2D eigenvalue weighted by Gasteiger charge is 2.10. The van der Waals surface area contributed by atoms with Gasteiger partial charge in [0, 0.05) is 25.4 Å². The first-order valence-corrected chi connectivity index (χ1v) is 7.64. The van der Waals surface area contributed by atoms with E-state index < -0.39 is 5.97 Å². The van der Waals surface area contributed by atoms with E-state index in [1.165, 1.54) is 7.11 Å². The number of halogens is 1. The number of aromatic nitrogens is 2. The van der Waals surface area contributed by atoms with Gasteiger partial charge in [0.25, 0.3) is 0 Å². The number of anilines is 3. The van der Waals surface area contributed by atoms with Gasteiger partial charge in [0.2, 0.25) is 5.95 Å². The number of esters is 1. The normalized spacial score (nSPS) is 10.3. The van der Waals surface area contributed by atoms with Crippen molar-refractivity contribution < 1.29 is 14.3 Å². The molecule has 24 heavy (non-hydrogen) atoms. The molecule has 2 N–H and O–H groups in total. The summed E-state index contributed by atoms with van der Waals surface area (Å²) in [6.07, 6.45) is 0. The van der Waals surface area contributed by atoms with Crippen molar-refractivity contribution in [3.63, 3.8) is 0 Å². The number of benzene rings is 1. The molecule has 128 valence electrons. The van der Waals surface area contributed by atoms with Gasteiger partial charge < -0.3 is 20.1 Å². The van der Waals surface area contributed by atoms with E-state index >= 15 is 0 Å². The lowest BCUT2D eigenvalue weighted by Gasteiger charge is -2.11. The molecule has 1 aromatic heterocycles. The molecule has 0 spiro atoms. The zero-order valence-corrected chi connectivity index (χ0v) is 14.5. The molecular formula is C16H19ClN4O3. The maximum atomic E-state index is 11.6. The van der Waals surface area contributed by atoms with Crippen molar-refractivity contribution in [2.75, 3.05) is 38.0 Å². The number of hydrogen-bond acceptors (Lipinski definition) is 7. The van der Waals surface area contributed by atoms with Gasteiger partial charge in [0.1, 0.15) is 5.82 Å². The van der Waals surface area contributed by atoms with Crippen molar-refractivity contribution in [3.05, 3.63) is 40.5 Å². The summed E-state index contributed by atoms with van der Waals surface area (Å²) in [5.41, 5.74) is 1.74. The third-order valence-corrected chi connectivity index (χ3v) is 3.42. The average Bonchev–Trinajstić information content (AvgIpc) is 2.56. The zero-order valence-electron chi connectivity index (χ0n) is 13.7. The second-order valence-electron chi connectivity index (χ2n) is 4.95. The van der Waals surface area contributed by atoms with Crippen LogP contribution in [0.15, 0.2) is 24.3 Å². The Hall–Kier alpha value is -2.38. The molecule has 0 bridgehead atoms. The van der Waals surface area contributed by atoms with Crippen molar-refractivity contribution in [1.29, 1.82) is 0 Å². The Morgan fingerprint density at radius 2 is 2.04 bits per heavy atom. The number of nitrogens with one attached hydrogen (secondary N) is 2. The van der Waals surface area contributed by atoms with Gasteiger partial charge in [-0.3, -0.25) is 0 Å². The maximum Gasteiger partial charge on any atom is 0.337 e. The van der Waals surface area contributed by atoms with E-state index in [-0.39, 0.29) is 0 Å². The quantitative estimate of drug-likeness (QED) is 0.586. The number of rotatable bonds is 7. The van der Waals surface area contributed by atoms with Crippen molar-refractivity contribution >= 4 is 35.0 Å². The molecular weight excluding hydrogens is 332 g/mol. The number of carbonyl (C=O) groups is 1. The summed E-state index contributed by atoms with van der Waals surface area (Å²) in [6, 6.07) is 6.62. The minimum absolute atomic E-state index is 0.397. The standard InChI is InChI=1S/C16H19ClN4O3/c1-10-8-14(21-16(19-10)18-6-7-23-2)20-13-9-11(15(22)24-3)4-5-12(13)17/h4-5,8-9H,6-7H2,1-3H3,(H2,18,19,20,21). The van der Waals surface area contributed by atoms with Crippen molar-refractivity contribution in [2.24, 2.45) is 0 Å². The highest BCUT2D eigenvalue weighted by molar-refractivity contribution is 6.33. The second kappa shape index (κ2) is 8.47. The third-order valence-electron chi connectivity index (χ3n) is 3.09. The monoisotopic (exact) mass is 350 g/mol. The molecule has 2 rings (SSSR count). The largest absolute Gasteiger partial charge is 0.465 e. The van der Waals surface area contributed by atoms with Crippen molar-refractivity contribution in [2.45, 2.75) is 6.92 Å². The first-order chi connectivity index (χ1) is 11.5. The smallest absolute Gasteiger partial charge is 0.337 e. The lowest BCUT2D eigenvalue weighted by atomic mass is 10.2. The van der Waals surface area contributed by atoms with Crippen LogP contribution in [0.2, 0.25) is 5.02 Å². The first-order valence-electron chi connectivity index (χ1n) is 7.27. The van der Waals surface area contributed by atoms with Gasteiger partial charge in [-0.2, -0.15) is 4.98 Å². The van der Waals surface area contributed by atoms with Crippen molar-refractivity contribution in [1.82, 2.24) is 9.97 Å². The average molecular weight is 351 g/mol. The Balaban J connectivity index is 2.22. The fourth-order valence-corrected chi connectivity index (χ4v) is 2.15. The zero-order chi connectivity index (χ0) is 17.5. The lowest BCUT2D eigenvalue weighted by molar-refractivity contribution is 0.0601. The molecule has 8 heteroatoms. The number of ether oxygens (including phenoxy) is 2. The molecule has 0 radical (unpaired) electrons. The minimum atomic E-state index is -0.435. The van der Waals surface area contributed by atoms with Gasteiger partial charge in [-0.1, -0.05) is 11.6 Å². The SMILES string of the molecule is COCCNc1nc(C)cc(Nc2cc(C(=O)OC)ccc2Cl)n1. The summed E-state index contributed by atoms with van der Waals surface area (Å²) in [4.78, 5) is 20.3. The van der Waals surface area contributed by atoms with E-state index in [1.54, 1.807) is 31.4 Å². The second-order valence-corrected chi connectivity index (χ2v) is 5.36. The molecule has 0 saturated heterocycles. The van der Waals surface area contributed by atoms with E-state index in [0.717, 1.165) is 5.69 Å². The minimum Gasteiger partial charge on any atom is -0.465 e. The molecule has 1 heterocycles. The van der Waals surface area contributed by atoms with Gasteiger partial charge >= 0.3 is 5.97 Å². The van der Waals surface area contributed by atoms with Crippen LogP contribution < -0.4 is 10.6 Å². The van der Waals surface area contributed by atoms with E-state index in [1.807, 2.05) is 6.92 Å². The molecule has 0 atom stereocenters. The number of nitrogens with zero attached hydrogens (tertiary/aromatic N) is 2. The van der Waals surface area contributed by atoms with Crippen LogP contribution >= 0.6 is 11.6 Å². The first kappa shape index (κ1) is 18.0. The van der Waals surface area contributed by atoms with Crippen LogP contribution in [0.4, 0.5) is 17.5 Å². The van der Waals surface area contributed by atoms with Gasteiger partial charge in [0.15, 0.2) is 0 Å². The maximum absolute atomic E-state index is 11.6. The lowest BCUT2D eigenvalue weighted by Crippen LogP contribution is -2.11. The van der Waals surface area contributed by atoms with Gasteiger partial charge in [0.05, 0.1) is 30.0 Å². The third kappa shape index (κ3) is 4.81. The Labute approximate surface area is 145 Å². The molecule has 1 aromatic carbocycles. The molecule has 7 nitrogen and oxygen atoms in total. The summed E-state index contributed by atoms with van der Waals surface area (Å²) >= 11 is 6.19. The predicted molar refractivity (Wildman–Crippen MR) is 93.2 cm³/mol. The number of carbonyl (C=O) groups excluding carboxylic acids is 1. The van der Waals surface area contributed by atoms with Gasteiger partial charge in [-0.25, -0.2) is 9.78 Å². The molecule has 0 aliphatic carbocycles. The Morgan fingerprint density at radius 1 is 1.25 bits per heavy atom. The van der Waals surface area contributed by atoms with Crippen LogP contribution in [0.25, 0.3) is 0 Å². The highest BCUT2D eigenvalue weighted by atomic mass is 35.5. The molecule has 2 aromatic rings. The molecule has 0 aliphatic rings. The van der Waals surface area contributed by atoms with E-state index in [4.69, 9.17) is 21.1 Å². The molecule has 0 fully saturated rings. The van der Waals surface area contributed by atoms with Crippen LogP contribution in [0.5, 0.6) is 0 Å². The molecule has 0 saturated carbocycles. The van der Waals surface area contributed by atoms with Gasteiger partial charge in [-0.05, 0) is 25.1 Å². The molecule has 0 unspecified atom stereocenters. The van der Waals surface area contributed by atoms with E-state index in [9.17, 15) is 4.79 Å². The van der Waals surface area contributed by atoms with E-state index in [0.29, 0.717) is 41.2 Å². The Kier molecular flexibility index (Phi) is 6.34. The summed E-state index contributed by atoms with van der Waals surface area (Å²) in [5, 5.41) is 6.64. The van der Waals surface area contributed by atoms with Crippen molar-refractivity contribution in [3.8, 4) is 0 Å². The summed E-state index contributed by atoms with van der Waals surface area (Å²) < 4.78 is 9.70. The van der Waals surface area contributed by atoms with Crippen LogP contribution in [-0.4, -0.2) is 43.3 Å². The number of hydrogen-bond donors (Lipinski definition) is 2. The Bertz CT molecular complexity index is 724. The fraction of sp³-hybridized carbons (Fsp3) is 0.312. The molecule has 0 amide bonds. The van der Waals surface area contributed by atoms with Crippen LogP contribution in [0, 0.1) is 6.92 Å². The summed E-state index contributed by atoms with van der Waals surface area (Å²) in [6.45, 7) is 3.01. The molecule has 0 aliphatic heterocycles. The summed E-state index contributed by atoms with van der Waals surface area (Å²) in [5.74, 6) is 0.608. The topological polar surface area (TPSA) is 85.4 Å². The fourth-order valence-electron chi connectivity index (χ4n) is 1.98. The highest BCUT2D eigenvalue weighted by Crippen LogP contribution is 2.26. The predicted octanol–water partition coefficient (Wildman–Crippen LogP) is 3.03. The van der Waals surface area contributed by atoms with Crippen LogP contribution in [-0.2, 0) is 9.47 Å². The number of aryl methyl sites for hydroxylation is 1. The van der Waals surface area contributed by atoms with E-state index in [2.05, 4.69) is 20.6 Å². The number of methoxy groups -OCH3 is 2. The van der Waals surface area contributed by atoms with Crippen LogP contribution in [0.3, 0.4) is 0 Å². The Morgan fingerprint density at radius 3 is 2.75 bits per heavy atom.